The van der Waals surface area contributed by atoms with Crippen LogP contribution in [-0.4, -0.2) is 28.0 Å². The van der Waals surface area contributed by atoms with Crippen LogP contribution in [0.5, 0.6) is 5.75 Å². The van der Waals surface area contributed by atoms with Crippen LogP contribution in [-0.2, 0) is 17.9 Å². The maximum Gasteiger partial charge on any atom is 0.240 e. The Bertz CT molecular complexity index is 918. The summed E-state index contributed by atoms with van der Waals surface area (Å²) in [6.45, 7) is 1.02. The van der Waals surface area contributed by atoms with Crippen LogP contribution in [0.2, 0.25) is 0 Å². The van der Waals surface area contributed by atoms with Crippen molar-refractivity contribution in [3.63, 3.8) is 0 Å². The molecule has 1 saturated carbocycles. The third-order valence-electron chi connectivity index (χ3n) is 4.91. The first-order valence-corrected chi connectivity index (χ1v) is 9.35. The van der Waals surface area contributed by atoms with Gasteiger partial charge in [0.05, 0.1) is 11.0 Å². The molecule has 0 aliphatic heterocycles. The van der Waals surface area contributed by atoms with Gasteiger partial charge in [0.2, 0.25) is 5.91 Å². The van der Waals surface area contributed by atoms with Crippen molar-refractivity contribution in [1.29, 1.82) is 0 Å². The Kier molecular flexibility index (Phi) is 5.07. The fraction of sp³-hybridized carbons (Fsp3) is 0.333. The SMILES string of the molecule is NC(CNC(=O)Cn1c(COc2ccccc2)nc2ccccc21)C1CC1. The summed E-state index contributed by atoms with van der Waals surface area (Å²) >= 11 is 0. The minimum Gasteiger partial charge on any atom is -0.486 e. The lowest BCUT2D eigenvalue weighted by molar-refractivity contribution is -0.121. The van der Waals surface area contributed by atoms with Crippen LogP contribution in [0, 0.1) is 5.92 Å². The second-order valence-electron chi connectivity index (χ2n) is 7.01. The Morgan fingerprint density at radius 3 is 2.70 bits per heavy atom. The summed E-state index contributed by atoms with van der Waals surface area (Å²) < 4.78 is 7.76. The molecule has 6 nitrogen and oxygen atoms in total. The van der Waals surface area contributed by atoms with E-state index in [0.29, 0.717) is 19.1 Å². The highest BCUT2D eigenvalue weighted by atomic mass is 16.5. The van der Waals surface area contributed by atoms with Crippen LogP contribution < -0.4 is 15.8 Å². The first kappa shape index (κ1) is 17.5. The van der Waals surface area contributed by atoms with Crippen LogP contribution in [0.4, 0.5) is 0 Å². The van der Waals surface area contributed by atoms with E-state index in [0.717, 1.165) is 22.6 Å². The summed E-state index contributed by atoms with van der Waals surface area (Å²) in [5, 5.41) is 2.95. The first-order chi connectivity index (χ1) is 13.2. The molecule has 0 radical (unpaired) electrons. The van der Waals surface area contributed by atoms with Crippen LogP contribution in [0.15, 0.2) is 54.6 Å². The standard InChI is InChI=1S/C21H24N4O2/c22-17(15-10-11-15)12-23-21(26)13-25-19-9-5-4-8-18(19)24-20(25)14-27-16-6-2-1-3-7-16/h1-9,15,17H,10-14,22H2,(H,23,26). The third kappa shape index (κ3) is 4.28. The first-order valence-electron chi connectivity index (χ1n) is 9.35. The molecule has 0 spiro atoms. The van der Waals surface area contributed by atoms with E-state index in [1.165, 1.54) is 12.8 Å². The molecule has 0 bridgehead atoms. The maximum absolute atomic E-state index is 12.5. The van der Waals surface area contributed by atoms with Gasteiger partial charge in [0.1, 0.15) is 24.7 Å². The second kappa shape index (κ2) is 7.80. The number of imidazole rings is 1. The molecule has 2 aromatic carbocycles. The minimum absolute atomic E-state index is 0.0503. The van der Waals surface area contributed by atoms with E-state index in [1.807, 2.05) is 59.2 Å². The van der Waals surface area contributed by atoms with Crippen LogP contribution in [0.25, 0.3) is 11.0 Å². The molecular weight excluding hydrogens is 340 g/mol. The Morgan fingerprint density at radius 2 is 1.93 bits per heavy atom. The van der Waals surface area contributed by atoms with E-state index in [9.17, 15) is 4.79 Å². The lowest BCUT2D eigenvalue weighted by Gasteiger charge is -2.13. The van der Waals surface area contributed by atoms with Crippen molar-refractivity contribution in [1.82, 2.24) is 14.9 Å². The Morgan fingerprint density at radius 1 is 1.19 bits per heavy atom. The zero-order valence-corrected chi connectivity index (χ0v) is 15.2. The van der Waals surface area contributed by atoms with Gasteiger partial charge in [0.25, 0.3) is 0 Å². The molecule has 4 rings (SSSR count). The zero-order chi connectivity index (χ0) is 18.6. The lowest BCUT2D eigenvalue weighted by Crippen LogP contribution is -2.40. The van der Waals surface area contributed by atoms with E-state index < -0.39 is 0 Å². The number of hydrogen-bond acceptors (Lipinski definition) is 4. The van der Waals surface area contributed by atoms with Crippen LogP contribution in [0.3, 0.4) is 0 Å². The number of ether oxygens (including phenoxy) is 1. The molecule has 1 aromatic heterocycles. The number of nitrogens with one attached hydrogen (secondary N) is 1. The smallest absolute Gasteiger partial charge is 0.240 e. The minimum atomic E-state index is -0.0600. The predicted molar refractivity (Wildman–Crippen MR) is 104 cm³/mol. The highest BCUT2D eigenvalue weighted by molar-refractivity contribution is 5.81. The Hall–Kier alpha value is -2.86. The lowest BCUT2D eigenvalue weighted by atomic mass is 10.2. The van der Waals surface area contributed by atoms with Gasteiger partial charge in [-0.3, -0.25) is 4.79 Å². The largest absolute Gasteiger partial charge is 0.486 e. The van der Waals surface area contributed by atoms with Gasteiger partial charge in [-0.25, -0.2) is 4.98 Å². The topological polar surface area (TPSA) is 82.2 Å². The molecule has 3 N–H and O–H groups in total. The average Bonchev–Trinajstić information content (AvgIpc) is 3.49. The maximum atomic E-state index is 12.5. The van der Waals surface area contributed by atoms with Gasteiger partial charge in [0, 0.05) is 12.6 Å². The van der Waals surface area contributed by atoms with Gasteiger partial charge in [0.15, 0.2) is 0 Å². The summed E-state index contributed by atoms with van der Waals surface area (Å²) in [6, 6.07) is 17.4. The fourth-order valence-corrected chi connectivity index (χ4v) is 3.20. The van der Waals surface area contributed by atoms with Crippen molar-refractivity contribution in [2.75, 3.05) is 6.54 Å². The summed E-state index contributed by atoms with van der Waals surface area (Å²) in [5.41, 5.74) is 7.85. The molecule has 0 saturated heterocycles. The number of hydrogen-bond donors (Lipinski definition) is 2. The van der Waals surface area contributed by atoms with Gasteiger partial charge < -0.3 is 20.4 Å². The zero-order valence-electron chi connectivity index (χ0n) is 15.2. The monoisotopic (exact) mass is 364 g/mol. The highest BCUT2D eigenvalue weighted by Crippen LogP contribution is 2.31. The fourth-order valence-electron chi connectivity index (χ4n) is 3.20. The number of carbonyl (C=O) groups excluding carboxylic acids is 1. The molecule has 140 valence electrons. The molecule has 1 unspecified atom stereocenters. The van der Waals surface area contributed by atoms with Crippen molar-refractivity contribution in [2.24, 2.45) is 11.7 Å². The van der Waals surface area contributed by atoms with Gasteiger partial charge in [-0.15, -0.1) is 0 Å². The van der Waals surface area contributed by atoms with Gasteiger partial charge in [-0.2, -0.15) is 0 Å². The highest BCUT2D eigenvalue weighted by Gasteiger charge is 2.28. The normalized spacial score (nSPS) is 14.9. The molecule has 1 atom stereocenters. The average molecular weight is 364 g/mol. The number of benzene rings is 2. The van der Waals surface area contributed by atoms with E-state index in [1.54, 1.807) is 0 Å². The molecule has 1 aliphatic carbocycles. The molecule has 3 aromatic rings. The number of amides is 1. The van der Waals surface area contributed by atoms with Crippen molar-refractivity contribution in [3.8, 4) is 5.75 Å². The molecular formula is C21H24N4O2. The number of para-hydroxylation sites is 3. The third-order valence-corrected chi connectivity index (χ3v) is 4.91. The van der Waals surface area contributed by atoms with Gasteiger partial charge >= 0.3 is 0 Å². The molecule has 1 heterocycles. The molecule has 1 fully saturated rings. The summed E-state index contributed by atoms with van der Waals surface area (Å²) in [6.07, 6.45) is 2.34. The number of carbonyl (C=O) groups is 1. The molecule has 1 amide bonds. The summed E-state index contributed by atoms with van der Waals surface area (Å²) in [4.78, 5) is 17.1. The van der Waals surface area contributed by atoms with Crippen molar-refractivity contribution in [2.45, 2.75) is 32.0 Å². The molecule has 6 heteroatoms. The molecule has 1 aliphatic rings. The van der Waals surface area contributed by atoms with E-state index in [2.05, 4.69) is 10.3 Å². The predicted octanol–water partition coefficient (Wildman–Crippen LogP) is 2.47. The Labute approximate surface area is 158 Å². The molecule has 27 heavy (non-hydrogen) atoms. The quantitative estimate of drug-likeness (QED) is 0.643. The van der Waals surface area contributed by atoms with Gasteiger partial charge in [-0.1, -0.05) is 30.3 Å². The van der Waals surface area contributed by atoms with Crippen molar-refractivity contribution >= 4 is 16.9 Å². The van der Waals surface area contributed by atoms with E-state index in [4.69, 9.17) is 10.5 Å². The van der Waals surface area contributed by atoms with Crippen molar-refractivity contribution < 1.29 is 9.53 Å². The number of nitrogens with two attached hydrogens (primary N) is 1. The summed E-state index contributed by atoms with van der Waals surface area (Å²) in [7, 11) is 0. The number of nitrogens with zero attached hydrogens (tertiary/aromatic N) is 2. The number of aromatic nitrogens is 2. The second-order valence-corrected chi connectivity index (χ2v) is 7.01. The number of rotatable bonds is 8. The number of fused-ring (bicyclic) bond motifs is 1. The van der Waals surface area contributed by atoms with Crippen molar-refractivity contribution in [3.05, 3.63) is 60.4 Å². The van der Waals surface area contributed by atoms with Crippen LogP contribution in [0.1, 0.15) is 18.7 Å². The van der Waals surface area contributed by atoms with E-state index >= 15 is 0 Å². The summed E-state index contributed by atoms with van der Waals surface area (Å²) in [5.74, 6) is 2.00. The van der Waals surface area contributed by atoms with E-state index in [-0.39, 0.29) is 18.5 Å². The van der Waals surface area contributed by atoms with Gasteiger partial charge in [-0.05, 0) is 43.0 Å². The van der Waals surface area contributed by atoms with Crippen LogP contribution >= 0.6 is 0 Å². The Balaban J connectivity index is 1.48.